The highest BCUT2D eigenvalue weighted by molar-refractivity contribution is 5.98. The molecule has 0 aliphatic carbocycles. The van der Waals surface area contributed by atoms with Crippen LogP contribution >= 0.6 is 0 Å². The zero-order valence-electron chi connectivity index (χ0n) is 45.8. The van der Waals surface area contributed by atoms with Crippen molar-refractivity contribution >= 4 is 59.3 Å². The van der Waals surface area contributed by atoms with Crippen LogP contribution in [0.1, 0.15) is 186 Å². The Balaban J connectivity index is 6.27. The lowest BCUT2D eigenvalue weighted by Gasteiger charge is -2.29. The van der Waals surface area contributed by atoms with Crippen LogP contribution in [0.5, 0.6) is 0 Å². The van der Waals surface area contributed by atoms with Crippen LogP contribution in [0.15, 0.2) is 0 Å². The van der Waals surface area contributed by atoms with Gasteiger partial charge in [-0.2, -0.15) is 0 Å². The van der Waals surface area contributed by atoms with Gasteiger partial charge < -0.3 is 57.6 Å². The fourth-order valence-corrected chi connectivity index (χ4v) is 8.04. The van der Waals surface area contributed by atoms with Gasteiger partial charge in [-0.1, -0.05) is 128 Å². The number of carbonyl (C=O) groups is 10. The molecule has 73 heavy (non-hydrogen) atoms. The van der Waals surface area contributed by atoms with E-state index in [-0.39, 0.29) is 62.2 Å². The lowest BCUT2D eigenvalue weighted by molar-refractivity contribution is -0.143. The molecule has 21 nitrogen and oxygen atoms in total. The lowest BCUT2D eigenvalue weighted by Crippen LogP contribution is -2.61. The zero-order valence-corrected chi connectivity index (χ0v) is 45.8. The number of carboxylic acid groups (broad SMARTS) is 3. The number of unbranched alkanes of at least 4 members (excludes halogenated alkanes) is 4. The molecule has 11 N–H and O–H groups in total. The summed E-state index contributed by atoms with van der Waals surface area (Å²) in [4.78, 5) is 131. The maximum Gasteiger partial charge on any atom is 0.326 e. The fraction of sp³-hybridized carbons (Fsp3) is 0.808. The third kappa shape index (κ3) is 30.5. The van der Waals surface area contributed by atoms with Gasteiger partial charge in [0.1, 0.15) is 42.3 Å². The molecule has 0 radical (unpaired) electrons. The van der Waals surface area contributed by atoms with Gasteiger partial charge in [0.05, 0.1) is 18.9 Å². The molecule has 0 spiro atoms. The highest BCUT2D eigenvalue weighted by atomic mass is 16.4. The van der Waals surface area contributed by atoms with Crippen LogP contribution in [0.25, 0.3) is 0 Å². The van der Waals surface area contributed by atoms with Crippen molar-refractivity contribution in [3.05, 3.63) is 0 Å². The Morgan fingerprint density at radius 3 is 1.19 bits per heavy atom. The van der Waals surface area contributed by atoms with Crippen LogP contribution < -0.4 is 37.2 Å². The summed E-state index contributed by atoms with van der Waals surface area (Å²) < 4.78 is 0. The van der Waals surface area contributed by atoms with Gasteiger partial charge in [0.2, 0.25) is 41.4 Å². The molecule has 1 unspecified atom stereocenters. The third-order valence-corrected chi connectivity index (χ3v) is 12.3. The van der Waals surface area contributed by atoms with Crippen LogP contribution in [-0.2, 0) is 47.9 Å². The molecule has 0 aromatic carbocycles. The SMILES string of the molecule is CCC(C)CCCCCCC[C@@H](O)CC(=O)N[C@@H](CCC(=O)O)C(=O)N[C@@H](CC(C)C)C(=O)N[C@@H](CC(C)C)C(=O)N[C@@H](C(=O)N[C@@H](CC(=O)O)C(=O)N[C@@H](CC(C)C)C(=O)N[C@@H](CC(C)C)C(=O)O)C(C)C. The summed E-state index contributed by atoms with van der Waals surface area (Å²) in [7, 11) is 0. The standard InChI is InChI=1S/C52H93N7O14/c1-13-34(12)19-17-15-14-16-18-20-35(60)27-42(61)53-36(21-22-43(62)63)46(66)54-37(23-29(2)3)47(67)56-39(25-31(6)7)50(70)59-45(33(10)11)51(71)57-40(28-44(64)65)49(69)55-38(24-30(4)5)48(68)58-41(52(72)73)26-32(8)9/h29-41,45,60H,13-28H2,1-12H3,(H,53,61)(H,54,66)(H,55,69)(H,56,67)(H,57,71)(H,58,68)(H,59,70)(H,62,63)(H,64,65)(H,72,73)/t34?,35-,36+,37+,38+,39+,40+,41+,45-/m1/s1. The first-order valence-electron chi connectivity index (χ1n) is 26.4. The Hall–Kier alpha value is -5.34. The van der Waals surface area contributed by atoms with E-state index >= 15 is 0 Å². The molecule has 9 atom stereocenters. The minimum atomic E-state index is -1.75. The van der Waals surface area contributed by atoms with Crippen molar-refractivity contribution in [3.8, 4) is 0 Å². The van der Waals surface area contributed by atoms with Gasteiger partial charge in [0.25, 0.3) is 0 Å². The summed E-state index contributed by atoms with van der Waals surface area (Å²) in [5.41, 5.74) is 0. The number of nitrogens with one attached hydrogen (secondary N) is 7. The maximum atomic E-state index is 14.1. The summed E-state index contributed by atoms with van der Waals surface area (Å²) in [6.45, 7) is 21.8. The molecule has 0 saturated carbocycles. The molecule has 7 amide bonds. The number of aliphatic hydroxyl groups is 1. The predicted octanol–water partition coefficient (Wildman–Crippen LogP) is 4.17. The van der Waals surface area contributed by atoms with Crippen LogP contribution in [0.4, 0.5) is 0 Å². The number of hydrogen-bond donors (Lipinski definition) is 11. The van der Waals surface area contributed by atoms with Gasteiger partial charge >= 0.3 is 17.9 Å². The Labute approximate surface area is 433 Å². The number of aliphatic hydroxyl groups excluding tert-OH is 1. The highest BCUT2D eigenvalue weighted by Crippen LogP contribution is 2.17. The molecule has 0 aromatic rings. The van der Waals surface area contributed by atoms with Gasteiger partial charge in [-0.05, 0) is 74.0 Å². The Morgan fingerprint density at radius 2 is 0.781 bits per heavy atom. The van der Waals surface area contributed by atoms with Crippen molar-refractivity contribution in [1.29, 1.82) is 0 Å². The molecule has 0 aliphatic heterocycles. The van der Waals surface area contributed by atoms with Gasteiger partial charge in [-0.15, -0.1) is 0 Å². The maximum absolute atomic E-state index is 14.1. The molecule has 0 aromatic heterocycles. The van der Waals surface area contributed by atoms with Gasteiger partial charge in [0, 0.05) is 6.42 Å². The molecule has 0 saturated heterocycles. The lowest BCUT2D eigenvalue weighted by atomic mass is 9.98. The van der Waals surface area contributed by atoms with E-state index in [0.717, 1.165) is 32.1 Å². The minimum Gasteiger partial charge on any atom is -0.481 e. The molecule has 420 valence electrons. The smallest absolute Gasteiger partial charge is 0.326 e. The second-order valence-electron chi connectivity index (χ2n) is 21.8. The first kappa shape index (κ1) is 67.7. The first-order valence-corrected chi connectivity index (χ1v) is 26.4. The summed E-state index contributed by atoms with van der Waals surface area (Å²) in [6.07, 6.45) is 4.75. The summed E-state index contributed by atoms with van der Waals surface area (Å²) in [5, 5.41) is 57.2. The van der Waals surface area contributed by atoms with E-state index in [1.807, 2.05) is 0 Å². The molecule has 0 bridgehead atoms. The average Bonchev–Trinajstić information content (AvgIpc) is 3.26. The summed E-state index contributed by atoms with van der Waals surface area (Å²) in [6, 6.07) is -9.65. The van der Waals surface area contributed by atoms with Crippen LogP contribution in [0.2, 0.25) is 0 Å². The van der Waals surface area contributed by atoms with Crippen molar-refractivity contribution in [2.75, 3.05) is 0 Å². The minimum absolute atomic E-state index is 0.0423. The summed E-state index contributed by atoms with van der Waals surface area (Å²) in [5.74, 6) is -10.6. The van der Waals surface area contributed by atoms with Crippen molar-refractivity contribution in [2.45, 2.75) is 234 Å². The zero-order chi connectivity index (χ0) is 56.1. The molecule has 0 rings (SSSR count). The number of carbonyl (C=O) groups excluding carboxylic acids is 7. The third-order valence-electron chi connectivity index (χ3n) is 12.3. The van der Waals surface area contributed by atoms with E-state index in [0.29, 0.717) is 18.8 Å². The topological polar surface area (TPSA) is 336 Å². The first-order chi connectivity index (χ1) is 34.0. The van der Waals surface area contributed by atoms with Crippen LogP contribution in [0.3, 0.4) is 0 Å². The van der Waals surface area contributed by atoms with Crippen molar-refractivity contribution in [2.24, 2.45) is 35.5 Å². The van der Waals surface area contributed by atoms with E-state index < -0.39 is 126 Å². The van der Waals surface area contributed by atoms with E-state index in [9.17, 15) is 68.4 Å². The Bertz CT molecular complexity index is 1770. The quantitative estimate of drug-likeness (QED) is 0.0385. The Kier molecular flexibility index (Phi) is 33.1. The second-order valence-corrected chi connectivity index (χ2v) is 21.8. The van der Waals surface area contributed by atoms with Crippen molar-refractivity contribution in [3.63, 3.8) is 0 Å². The van der Waals surface area contributed by atoms with E-state index in [4.69, 9.17) is 0 Å². The molecular formula is C52H93N7O14. The van der Waals surface area contributed by atoms with Crippen LogP contribution in [-0.4, -0.2) is 128 Å². The molecular weight excluding hydrogens is 947 g/mol. The monoisotopic (exact) mass is 1040 g/mol. The fourth-order valence-electron chi connectivity index (χ4n) is 8.04. The number of hydrogen-bond acceptors (Lipinski definition) is 11. The number of rotatable bonds is 39. The second kappa shape index (κ2) is 35.7. The van der Waals surface area contributed by atoms with Crippen molar-refractivity contribution in [1.82, 2.24) is 37.2 Å². The molecule has 0 heterocycles. The number of amides is 7. The Morgan fingerprint density at radius 1 is 0.397 bits per heavy atom. The number of carboxylic acids is 3. The van der Waals surface area contributed by atoms with Gasteiger partial charge in [-0.3, -0.25) is 43.2 Å². The van der Waals surface area contributed by atoms with Crippen LogP contribution in [0, 0.1) is 35.5 Å². The van der Waals surface area contributed by atoms with E-state index in [2.05, 4.69) is 51.1 Å². The highest BCUT2D eigenvalue weighted by Gasteiger charge is 2.36. The molecule has 0 fully saturated rings. The normalized spacial score (nSPS) is 15.3. The van der Waals surface area contributed by atoms with Gasteiger partial charge in [0.15, 0.2) is 0 Å². The van der Waals surface area contributed by atoms with E-state index in [1.54, 1.807) is 69.2 Å². The molecule has 21 heteroatoms. The van der Waals surface area contributed by atoms with E-state index in [1.165, 1.54) is 6.42 Å². The van der Waals surface area contributed by atoms with Crippen molar-refractivity contribution < 1.29 is 68.4 Å². The predicted molar refractivity (Wildman–Crippen MR) is 275 cm³/mol. The summed E-state index contributed by atoms with van der Waals surface area (Å²) >= 11 is 0. The molecule has 0 aliphatic rings. The van der Waals surface area contributed by atoms with Gasteiger partial charge in [-0.25, -0.2) is 4.79 Å². The largest absolute Gasteiger partial charge is 0.481 e. The average molecular weight is 1040 g/mol. The number of aliphatic carboxylic acids is 3.